The van der Waals surface area contributed by atoms with Gasteiger partial charge in [0.15, 0.2) is 0 Å². The summed E-state index contributed by atoms with van der Waals surface area (Å²) in [6.45, 7) is 0. The molecule has 0 atom stereocenters. The Morgan fingerprint density at radius 3 is 2.71 bits per heavy atom. The zero-order valence-corrected chi connectivity index (χ0v) is 11.5. The molecule has 1 amide bonds. The summed E-state index contributed by atoms with van der Waals surface area (Å²) < 4.78 is 0. The smallest absolute Gasteiger partial charge is 0.294 e. The van der Waals surface area contributed by atoms with Crippen molar-refractivity contribution in [3.05, 3.63) is 45.2 Å². The van der Waals surface area contributed by atoms with E-state index in [1.54, 1.807) is 0 Å². The number of nitro groups is 1. The number of rotatable bonds is 4. The highest BCUT2D eigenvalue weighted by molar-refractivity contribution is 6.34. The van der Waals surface area contributed by atoms with Crippen LogP contribution in [-0.2, 0) is 0 Å². The first-order valence-electron chi connectivity index (χ1n) is 5.63. The van der Waals surface area contributed by atoms with E-state index in [-0.39, 0.29) is 27.9 Å². The molecule has 0 aliphatic carbocycles. The summed E-state index contributed by atoms with van der Waals surface area (Å²) in [5.74, 6) is -0.644. The lowest BCUT2D eigenvalue weighted by Gasteiger charge is -2.08. The third-order valence-electron chi connectivity index (χ3n) is 2.49. The van der Waals surface area contributed by atoms with Gasteiger partial charge in [0.05, 0.1) is 22.3 Å². The van der Waals surface area contributed by atoms with Crippen molar-refractivity contribution in [1.82, 2.24) is 15.2 Å². The van der Waals surface area contributed by atoms with Gasteiger partial charge >= 0.3 is 0 Å². The number of carbonyl (C=O) groups is 1. The van der Waals surface area contributed by atoms with Gasteiger partial charge in [-0.25, -0.2) is 4.98 Å². The number of anilines is 2. The largest absolute Gasteiger partial charge is 0.381 e. The molecule has 10 heteroatoms. The first-order chi connectivity index (χ1) is 10.0. The average Bonchev–Trinajstić information content (AvgIpc) is 2.47. The van der Waals surface area contributed by atoms with Crippen LogP contribution in [0.15, 0.2) is 24.5 Å². The zero-order valence-electron chi connectivity index (χ0n) is 10.7. The summed E-state index contributed by atoms with van der Waals surface area (Å²) in [5, 5.41) is 23.2. The number of nitro benzene ring substituents is 1. The normalized spacial score (nSPS) is 10.0. The van der Waals surface area contributed by atoms with Crippen LogP contribution in [0, 0.1) is 10.1 Å². The maximum Gasteiger partial charge on any atom is 0.294 e. The van der Waals surface area contributed by atoms with Crippen LogP contribution in [0.1, 0.15) is 10.4 Å². The van der Waals surface area contributed by atoms with Crippen molar-refractivity contribution in [2.45, 2.75) is 0 Å². The molecule has 0 saturated heterocycles. The number of hydrogen-bond acceptors (Lipinski definition) is 7. The first-order valence-corrected chi connectivity index (χ1v) is 6.01. The fourth-order valence-corrected chi connectivity index (χ4v) is 1.90. The maximum atomic E-state index is 12.0. The Morgan fingerprint density at radius 2 is 2.14 bits per heavy atom. The fourth-order valence-electron chi connectivity index (χ4n) is 1.59. The first kappa shape index (κ1) is 14.6. The SMILES string of the molecule is CNc1c(Cl)cc(C(=O)Nc2nccnn2)cc1[N+](=O)[O-]. The van der Waals surface area contributed by atoms with Gasteiger partial charge in [-0.1, -0.05) is 11.6 Å². The molecule has 0 unspecified atom stereocenters. The van der Waals surface area contributed by atoms with Crippen LogP contribution in [0.25, 0.3) is 0 Å². The van der Waals surface area contributed by atoms with E-state index in [1.165, 1.54) is 25.5 Å². The Morgan fingerprint density at radius 1 is 1.38 bits per heavy atom. The monoisotopic (exact) mass is 308 g/mol. The van der Waals surface area contributed by atoms with Crippen LogP contribution < -0.4 is 10.6 Å². The minimum atomic E-state index is -0.630. The summed E-state index contributed by atoms with van der Waals surface area (Å²) in [5.41, 5.74) is -0.156. The Kier molecular flexibility index (Phi) is 4.24. The molecule has 1 heterocycles. The molecule has 1 aromatic heterocycles. The second kappa shape index (κ2) is 6.09. The van der Waals surface area contributed by atoms with E-state index in [9.17, 15) is 14.9 Å². The summed E-state index contributed by atoms with van der Waals surface area (Å²) in [6, 6.07) is 2.43. The van der Waals surface area contributed by atoms with E-state index < -0.39 is 10.8 Å². The van der Waals surface area contributed by atoms with Crippen LogP contribution in [0.4, 0.5) is 17.3 Å². The molecule has 108 valence electrons. The molecule has 0 spiro atoms. The molecule has 2 N–H and O–H groups in total. The van der Waals surface area contributed by atoms with Crippen LogP contribution in [0.3, 0.4) is 0 Å². The van der Waals surface area contributed by atoms with E-state index >= 15 is 0 Å². The van der Waals surface area contributed by atoms with Crippen LogP contribution in [-0.4, -0.2) is 33.1 Å². The van der Waals surface area contributed by atoms with E-state index in [4.69, 9.17) is 11.6 Å². The fraction of sp³-hybridized carbons (Fsp3) is 0.0909. The van der Waals surface area contributed by atoms with Gasteiger partial charge in [-0.15, -0.1) is 5.10 Å². The van der Waals surface area contributed by atoms with Gasteiger partial charge in [-0.2, -0.15) is 5.10 Å². The van der Waals surface area contributed by atoms with Crippen molar-refractivity contribution in [3.8, 4) is 0 Å². The minimum Gasteiger partial charge on any atom is -0.381 e. The predicted molar refractivity (Wildman–Crippen MR) is 75.4 cm³/mol. The average molecular weight is 309 g/mol. The Balaban J connectivity index is 2.36. The van der Waals surface area contributed by atoms with Crippen molar-refractivity contribution >= 4 is 34.8 Å². The summed E-state index contributed by atoms with van der Waals surface area (Å²) >= 11 is 5.94. The lowest BCUT2D eigenvalue weighted by atomic mass is 10.1. The molecule has 0 saturated carbocycles. The van der Waals surface area contributed by atoms with Gasteiger partial charge in [-0.05, 0) is 6.07 Å². The molecular weight excluding hydrogens is 300 g/mol. The number of hydrogen-bond donors (Lipinski definition) is 2. The van der Waals surface area contributed by atoms with Gasteiger partial charge in [0, 0.05) is 18.7 Å². The Bertz CT molecular complexity index is 694. The van der Waals surface area contributed by atoms with Crippen LogP contribution in [0.5, 0.6) is 0 Å². The molecule has 0 radical (unpaired) electrons. The molecule has 1 aromatic carbocycles. The zero-order chi connectivity index (χ0) is 15.4. The lowest BCUT2D eigenvalue weighted by molar-refractivity contribution is -0.383. The van der Waals surface area contributed by atoms with Gasteiger partial charge < -0.3 is 5.32 Å². The molecule has 0 fully saturated rings. The highest BCUT2D eigenvalue weighted by Gasteiger charge is 2.21. The third-order valence-corrected chi connectivity index (χ3v) is 2.78. The van der Waals surface area contributed by atoms with Crippen molar-refractivity contribution in [2.24, 2.45) is 0 Å². The summed E-state index contributed by atoms with van der Waals surface area (Å²) in [6.07, 6.45) is 2.70. The highest BCUT2D eigenvalue weighted by atomic mass is 35.5. The van der Waals surface area contributed by atoms with Gasteiger partial charge in [0.1, 0.15) is 5.69 Å². The molecular formula is C11H9ClN6O3. The van der Waals surface area contributed by atoms with E-state index in [0.717, 1.165) is 6.07 Å². The van der Waals surface area contributed by atoms with Crippen LogP contribution >= 0.6 is 11.6 Å². The molecule has 0 bridgehead atoms. The summed E-state index contributed by atoms with van der Waals surface area (Å²) in [4.78, 5) is 26.2. The third kappa shape index (κ3) is 3.20. The van der Waals surface area contributed by atoms with Gasteiger partial charge in [0.25, 0.3) is 11.6 Å². The number of amides is 1. The quantitative estimate of drug-likeness (QED) is 0.651. The number of carbonyl (C=O) groups excluding carboxylic acids is 1. The van der Waals surface area contributed by atoms with E-state index in [2.05, 4.69) is 25.8 Å². The number of benzene rings is 1. The Labute approximate surface area is 123 Å². The van der Waals surface area contributed by atoms with E-state index in [0.29, 0.717) is 0 Å². The van der Waals surface area contributed by atoms with Crippen molar-refractivity contribution in [2.75, 3.05) is 17.7 Å². The number of halogens is 1. The number of nitrogens with one attached hydrogen (secondary N) is 2. The Hall–Kier alpha value is -2.81. The minimum absolute atomic E-state index is 0.0122. The van der Waals surface area contributed by atoms with Crippen molar-refractivity contribution in [3.63, 3.8) is 0 Å². The number of nitrogens with zero attached hydrogens (tertiary/aromatic N) is 4. The second-order valence-electron chi connectivity index (χ2n) is 3.78. The standard InChI is InChI=1S/C11H9ClN6O3/c1-13-9-7(12)4-6(5-8(9)18(20)21)10(19)16-11-14-2-3-15-17-11/h2-5,13H,1H3,(H,14,16,17,19). The van der Waals surface area contributed by atoms with Gasteiger partial charge in [-0.3, -0.25) is 20.2 Å². The topological polar surface area (TPSA) is 123 Å². The summed E-state index contributed by atoms with van der Waals surface area (Å²) in [7, 11) is 1.50. The van der Waals surface area contributed by atoms with Crippen molar-refractivity contribution < 1.29 is 9.72 Å². The van der Waals surface area contributed by atoms with Crippen LogP contribution in [0.2, 0.25) is 5.02 Å². The molecule has 9 nitrogen and oxygen atoms in total. The second-order valence-corrected chi connectivity index (χ2v) is 4.19. The predicted octanol–water partition coefficient (Wildman–Crippen LogP) is 1.73. The van der Waals surface area contributed by atoms with E-state index in [1.807, 2.05) is 0 Å². The molecule has 2 rings (SSSR count). The number of aromatic nitrogens is 3. The van der Waals surface area contributed by atoms with Gasteiger partial charge in [0.2, 0.25) is 5.95 Å². The molecule has 2 aromatic rings. The van der Waals surface area contributed by atoms with Crippen molar-refractivity contribution in [1.29, 1.82) is 0 Å². The maximum absolute atomic E-state index is 12.0. The highest BCUT2D eigenvalue weighted by Crippen LogP contribution is 2.33. The molecule has 0 aliphatic rings. The molecule has 0 aliphatic heterocycles. The molecule has 21 heavy (non-hydrogen) atoms. The lowest BCUT2D eigenvalue weighted by Crippen LogP contribution is -2.15.